The molecule has 2 heterocycles. The van der Waals surface area contributed by atoms with E-state index in [4.69, 9.17) is 11.0 Å². The van der Waals surface area contributed by atoms with Gasteiger partial charge in [0.15, 0.2) is 5.82 Å². The molecule has 0 spiro atoms. The highest BCUT2D eigenvalue weighted by Gasteiger charge is 2.11. The summed E-state index contributed by atoms with van der Waals surface area (Å²) in [6, 6.07) is 1.83. The molecule has 0 bridgehead atoms. The summed E-state index contributed by atoms with van der Waals surface area (Å²) in [5.41, 5.74) is 5.72. The van der Waals surface area contributed by atoms with Crippen molar-refractivity contribution < 1.29 is 0 Å². The molecule has 0 amide bonds. The summed E-state index contributed by atoms with van der Waals surface area (Å²) >= 11 is 1.47. The Bertz CT molecular complexity index is 540. The lowest BCUT2D eigenvalue weighted by Gasteiger charge is -1.95. The van der Waals surface area contributed by atoms with Crippen molar-refractivity contribution in [3.05, 3.63) is 5.69 Å². The number of hydrogen-bond acceptors (Lipinski definition) is 7. The van der Waals surface area contributed by atoms with Gasteiger partial charge >= 0.3 is 0 Å². The Morgan fingerprint density at radius 2 is 2.33 bits per heavy atom. The molecule has 0 fully saturated rings. The van der Waals surface area contributed by atoms with Gasteiger partial charge in [-0.05, 0) is 5.75 Å². The molecule has 0 aliphatic carbocycles. The van der Waals surface area contributed by atoms with Crippen molar-refractivity contribution in [3.8, 4) is 6.07 Å². The van der Waals surface area contributed by atoms with Crippen molar-refractivity contribution in [3.63, 3.8) is 0 Å². The van der Waals surface area contributed by atoms with Crippen molar-refractivity contribution >= 4 is 23.4 Å². The van der Waals surface area contributed by atoms with Crippen LogP contribution >= 0.6 is 11.8 Å². The number of nitrogens with zero attached hydrogens (tertiary/aromatic N) is 6. The highest BCUT2D eigenvalue weighted by molar-refractivity contribution is 7.99. The number of nitriles is 1. The number of thioether (sulfide) groups is 1. The summed E-state index contributed by atoms with van der Waals surface area (Å²) in [5.74, 6) is 1.33. The number of aromatic nitrogens is 5. The first-order chi connectivity index (χ1) is 7.26. The maximum Gasteiger partial charge on any atom is 0.274 e. The molecule has 15 heavy (non-hydrogen) atoms. The smallest absolute Gasteiger partial charge is 0.274 e. The zero-order valence-corrected chi connectivity index (χ0v) is 8.69. The van der Waals surface area contributed by atoms with Gasteiger partial charge in [0.25, 0.3) is 5.78 Å². The number of hydrogen-bond donors (Lipinski definition) is 1. The van der Waals surface area contributed by atoms with E-state index in [2.05, 4.69) is 20.3 Å². The van der Waals surface area contributed by atoms with Gasteiger partial charge in [0.1, 0.15) is 6.07 Å². The number of nitrogen functional groups attached to an aromatic ring is 1. The van der Waals surface area contributed by atoms with Crippen molar-refractivity contribution in [1.82, 2.24) is 24.8 Å². The molecular formula is C7H7N7S. The fourth-order valence-electron chi connectivity index (χ4n) is 1.03. The van der Waals surface area contributed by atoms with Gasteiger partial charge in [0, 0.05) is 0 Å². The Morgan fingerprint density at radius 1 is 1.53 bits per heavy atom. The summed E-state index contributed by atoms with van der Waals surface area (Å²) in [6.45, 7) is 1.99. The predicted molar refractivity (Wildman–Crippen MR) is 54.1 cm³/mol. The van der Waals surface area contributed by atoms with Gasteiger partial charge in [-0.1, -0.05) is 18.7 Å². The van der Waals surface area contributed by atoms with Gasteiger partial charge in [0.05, 0.1) is 0 Å². The van der Waals surface area contributed by atoms with Crippen LogP contribution in [0.4, 0.5) is 5.82 Å². The number of rotatable bonds is 2. The van der Waals surface area contributed by atoms with Crippen LogP contribution in [0.25, 0.3) is 5.78 Å². The minimum absolute atomic E-state index is 0.0560. The second kappa shape index (κ2) is 3.70. The van der Waals surface area contributed by atoms with Gasteiger partial charge in [-0.25, -0.2) is 0 Å². The van der Waals surface area contributed by atoms with Gasteiger partial charge in [-0.2, -0.15) is 14.8 Å². The molecule has 2 aromatic rings. The minimum atomic E-state index is 0.0560. The van der Waals surface area contributed by atoms with Crippen molar-refractivity contribution in [2.45, 2.75) is 12.1 Å². The van der Waals surface area contributed by atoms with Crippen LogP contribution < -0.4 is 5.73 Å². The van der Waals surface area contributed by atoms with E-state index in [0.29, 0.717) is 10.9 Å². The van der Waals surface area contributed by atoms with Crippen LogP contribution in [0.2, 0.25) is 0 Å². The Morgan fingerprint density at radius 3 is 3.00 bits per heavy atom. The fourth-order valence-corrected chi connectivity index (χ4v) is 1.57. The second-order valence-corrected chi connectivity index (χ2v) is 3.82. The standard InChI is InChI=1S/C7H7N7S/c1-2-15-7-10-6-12-11-4(3-8)5(9)14(6)13-7/h2,9H2,1H3. The molecular weight excluding hydrogens is 214 g/mol. The van der Waals surface area contributed by atoms with E-state index in [1.165, 1.54) is 16.3 Å². The van der Waals surface area contributed by atoms with E-state index < -0.39 is 0 Å². The van der Waals surface area contributed by atoms with Crippen molar-refractivity contribution in [2.24, 2.45) is 0 Å². The van der Waals surface area contributed by atoms with E-state index in [0.717, 1.165) is 5.75 Å². The van der Waals surface area contributed by atoms with Crippen LogP contribution in [0, 0.1) is 11.3 Å². The quantitative estimate of drug-likeness (QED) is 0.716. The average Bonchev–Trinajstić information content (AvgIpc) is 2.63. The van der Waals surface area contributed by atoms with Crippen LogP contribution in [-0.2, 0) is 0 Å². The molecule has 0 aromatic carbocycles. The van der Waals surface area contributed by atoms with E-state index in [1.807, 2.05) is 13.0 Å². The molecule has 0 saturated heterocycles. The summed E-state index contributed by atoms with van der Waals surface area (Å²) in [5, 5.41) is 20.7. The van der Waals surface area contributed by atoms with Crippen LogP contribution in [0.5, 0.6) is 0 Å². The number of fused-ring (bicyclic) bond motifs is 1. The van der Waals surface area contributed by atoms with Gasteiger partial charge < -0.3 is 5.73 Å². The first-order valence-electron chi connectivity index (χ1n) is 4.18. The number of anilines is 1. The molecule has 0 aliphatic heterocycles. The van der Waals surface area contributed by atoms with Crippen molar-refractivity contribution in [2.75, 3.05) is 11.5 Å². The summed E-state index contributed by atoms with van der Waals surface area (Å²) < 4.78 is 1.32. The van der Waals surface area contributed by atoms with Gasteiger partial charge in [-0.3, -0.25) is 0 Å². The molecule has 7 nitrogen and oxygen atoms in total. The molecule has 0 atom stereocenters. The average molecular weight is 221 g/mol. The molecule has 0 unspecified atom stereocenters. The molecule has 2 rings (SSSR count). The molecule has 8 heteroatoms. The maximum absolute atomic E-state index is 8.69. The maximum atomic E-state index is 8.69. The van der Waals surface area contributed by atoms with Gasteiger partial charge in [0.2, 0.25) is 10.9 Å². The highest BCUT2D eigenvalue weighted by atomic mass is 32.2. The van der Waals surface area contributed by atoms with E-state index in [1.54, 1.807) is 0 Å². The SMILES string of the molecule is CCSc1nc2nnc(C#N)c(N)n2n1. The van der Waals surface area contributed by atoms with E-state index in [9.17, 15) is 0 Å². The normalized spacial score (nSPS) is 10.4. The molecule has 2 aromatic heterocycles. The van der Waals surface area contributed by atoms with Gasteiger partial charge in [-0.15, -0.1) is 15.3 Å². The Balaban J connectivity index is 2.62. The van der Waals surface area contributed by atoms with Crippen LogP contribution in [-0.4, -0.2) is 30.5 Å². The second-order valence-electron chi connectivity index (χ2n) is 2.58. The molecule has 76 valence electrons. The van der Waals surface area contributed by atoms with Crippen molar-refractivity contribution in [1.29, 1.82) is 5.26 Å². The first-order valence-corrected chi connectivity index (χ1v) is 5.16. The van der Waals surface area contributed by atoms with Crippen LogP contribution in [0.15, 0.2) is 5.16 Å². The summed E-state index contributed by atoms with van der Waals surface area (Å²) in [7, 11) is 0. The zero-order valence-electron chi connectivity index (χ0n) is 7.88. The third-order valence-corrected chi connectivity index (χ3v) is 2.38. The topological polar surface area (TPSA) is 106 Å². The predicted octanol–water partition coefficient (Wildman–Crippen LogP) is 0.0852. The molecule has 0 saturated carbocycles. The third-order valence-electron chi connectivity index (χ3n) is 1.66. The lowest BCUT2D eigenvalue weighted by atomic mass is 10.5. The number of nitrogens with two attached hydrogens (primary N) is 1. The molecule has 0 aliphatic rings. The fraction of sp³-hybridized carbons (Fsp3) is 0.286. The zero-order chi connectivity index (χ0) is 10.8. The Labute approximate surface area is 89.3 Å². The monoisotopic (exact) mass is 221 g/mol. The van der Waals surface area contributed by atoms with Crippen LogP contribution in [0.3, 0.4) is 0 Å². The first kappa shape index (κ1) is 9.67. The van der Waals surface area contributed by atoms with Crippen LogP contribution in [0.1, 0.15) is 12.6 Å². The molecule has 0 radical (unpaired) electrons. The highest BCUT2D eigenvalue weighted by Crippen LogP contribution is 2.15. The minimum Gasteiger partial charge on any atom is -0.381 e. The van der Waals surface area contributed by atoms with E-state index in [-0.39, 0.29) is 11.5 Å². The Kier molecular flexibility index (Phi) is 2.39. The lowest BCUT2D eigenvalue weighted by molar-refractivity contribution is 0.860. The lowest BCUT2D eigenvalue weighted by Crippen LogP contribution is -2.06. The Hall–Kier alpha value is -1.88. The van der Waals surface area contributed by atoms with E-state index >= 15 is 0 Å². The summed E-state index contributed by atoms with van der Waals surface area (Å²) in [4.78, 5) is 4.09. The third kappa shape index (κ3) is 1.57. The summed E-state index contributed by atoms with van der Waals surface area (Å²) in [6.07, 6.45) is 0. The molecule has 2 N–H and O–H groups in total. The largest absolute Gasteiger partial charge is 0.381 e.